The number of hydrogen-bond donors (Lipinski definition) is 2. The second kappa shape index (κ2) is 5.50. The molecule has 1 fully saturated rings. The average Bonchev–Trinajstić information content (AvgIpc) is 2.15. The van der Waals surface area contributed by atoms with Crippen LogP contribution in [0.4, 0.5) is 0 Å². The monoisotopic (exact) mass is 212 g/mol. The summed E-state index contributed by atoms with van der Waals surface area (Å²) in [6, 6.07) is 0.134. The minimum atomic E-state index is -1.11. The lowest BCUT2D eigenvalue weighted by molar-refractivity contribution is -0.131. The predicted octanol–water partition coefficient (Wildman–Crippen LogP) is -0.162. The Labute approximate surface area is 88.8 Å². The van der Waals surface area contributed by atoms with Crippen molar-refractivity contribution < 1.29 is 14.7 Å². The number of hydrogen-bond acceptors (Lipinski definition) is 3. The summed E-state index contributed by atoms with van der Waals surface area (Å²) < 4.78 is 0. The standard InChI is InChI=1S/C10H16N2O3/c1-12-6-2-3-8(7-12)11-9(13)4-5-10(14)15/h4-5,8H,2-3,6-7H2,1H3,(H,11,13)(H,14,15)/b5-4+. The SMILES string of the molecule is CN1CCCC(NC(=O)/C=C/C(=O)O)C1. The Morgan fingerprint density at radius 3 is 2.80 bits per heavy atom. The first-order valence-electron chi connectivity index (χ1n) is 4.98. The van der Waals surface area contributed by atoms with Gasteiger partial charge in [-0.25, -0.2) is 4.79 Å². The van der Waals surface area contributed by atoms with Gasteiger partial charge in [-0.3, -0.25) is 4.79 Å². The van der Waals surface area contributed by atoms with Crippen molar-refractivity contribution in [1.29, 1.82) is 0 Å². The van der Waals surface area contributed by atoms with E-state index in [0.29, 0.717) is 0 Å². The summed E-state index contributed by atoms with van der Waals surface area (Å²) in [5.41, 5.74) is 0. The molecule has 1 saturated heterocycles. The summed E-state index contributed by atoms with van der Waals surface area (Å²) >= 11 is 0. The third kappa shape index (κ3) is 4.60. The molecule has 5 heteroatoms. The number of likely N-dealkylation sites (N-methyl/N-ethyl adjacent to an activating group) is 1. The Bertz CT molecular complexity index is 276. The molecule has 5 nitrogen and oxygen atoms in total. The van der Waals surface area contributed by atoms with E-state index in [1.54, 1.807) is 0 Å². The molecule has 84 valence electrons. The number of amides is 1. The molecular formula is C10H16N2O3. The molecule has 2 N–H and O–H groups in total. The van der Waals surface area contributed by atoms with Gasteiger partial charge in [-0.2, -0.15) is 0 Å². The van der Waals surface area contributed by atoms with E-state index in [1.165, 1.54) is 0 Å². The highest BCUT2D eigenvalue weighted by molar-refractivity contribution is 5.93. The molecule has 1 aliphatic rings. The summed E-state index contributed by atoms with van der Waals surface area (Å²) in [5, 5.41) is 11.1. The smallest absolute Gasteiger partial charge is 0.328 e. The number of carbonyl (C=O) groups is 2. The second-order valence-corrected chi connectivity index (χ2v) is 3.78. The van der Waals surface area contributed by atoms with Gasteiger partial charge in [0, 0.05) is 24.7 Å². The molecule has 15 heavy (non-hydrogen) atoms. The van der Waals surface area contributed by atoms with Crippen molar-refractivity contribution in [2.45, 2.75) is 18.9 Å². The van der Waals surface area contributed by atoms with Crippen LogP contribution in [-0.2, 0) is 9.59 Å². The van der Waals surface area contributed by atoms with E-state index < -0.39 is 5.97 Å². The molecule has 0 aromatic heterocycles. The zero-order valence-corrected chi connectivity index (χ0v) is 8.77. The van der Waals surface area contributed by atoms with Crippen LogP contribution >= 0.6 is 0 Å². The lowest BCUT2D eigenvalue weighted by Crippen LogP contribution is -2.45. The van der Waals surface area contributed by atoms with Crippen molar-refractivity contribution in [3.05, 3.63) is 12.2 Å². The van der Waals surface area contributed by atoms with Crippen molar-refractivity contribution in [2.75, 3.05) is 20.1 Å². The quantitative estimate of drug-likeness (QED) is 0.638. The van der Waals surface area contributed by atoms with Gasteiger partial charge in [0.25, 0.3) is 0 Å². The van der Waals surface area contributed by atoms with Crippen LogP contribution < -0.4 is 5.32 Å². The number of piperidine rings is 1. The highest BCUT2D eigenvalue weighted by Crippen LogP contribution is 2.07. The molecule has 0 aliphatic carbocycles. The van der Waals surface area contributed by atoms with Gasteiger partial charge in [0.1, 0.15) is 0 Å². The number of nitrogens with one attached hydrogen (secondary N) is 1. The fourth-order valence-corrected chi connectivity index (χ4v) is 1.68. The number of likely N-dealkylation sites (tertiary alicyclic amines) is 1. The maximum atomic E-state index is 11.2. The number of nitrogens with zero attached hydrogens (tertiary/aromatic N) is 1. The van der Waals surface area contributed by atoms with E-state index >= 15 is 0 Å². The molecular weight excluding hydrogens is 196 g/mol. The van der Waals surface area contributed by atoms with Crippen LogP contribution in [0.3, 0.4) is 0 Å². The Morgan fingerprint density at radius 2 is 2.20 bits per heavy atom. The third-order valence-corrected chi connectivity index (χ3v) is 2.35. The highest BCUT2D eigenvalue weighted by Gasteiger charge is 2.17. The van der Waals surface area contributed by atoms with Gasteiger partial charge in [0.15, 0.2) is 0 Å². The predicted molar refractivity (Wildman–Crippen MR) is 55.4 cm³/mol. The molecule has 0 radical (unpaired) electrons. The normalized spacial score (nSPS) is 22.9. The summed E-state index contributed by atoms with van der Waals surface area (Å²) in [4.78, 5) is 23.6. The van der Waals surface area contributed by atoms with E-state index in [4.69, 9.17) is 5.11 Å². The summed E-state index contributed by atoms with van der Waals surface area (Å²) in [6.45, 7) is 1.88. The molecule has 1 amide bonds. The fraction of sp³-hybridized carbons (Fsp3) is 0.600. The molecule has 0 saturated carbocycles. The van der Waals surface area contributed by atoms with Crippen LogP contribution in [0.2, 0.25) is 0 Å². The zero-order valence-electron chi connectivity index (χ0n) is 8.77. The first-order chi connectivity index (χ1) is 7.08. The Morgan fingerprint density at radius 1 is 1.47 bits per heavy atom. The molecule has 1 rings (SSSR count). The van der Waals surface area contributed by atoms with Gasteiger partial charge in [0.2, 0.25) is 5.91 Å². The van der Waals surface area contributed by atoms with Crippen molar-refractivity contribution >= 4 is 11.9 Å². The van der Waals surface area contributed by atoms with Crippen LogP contribution in [0, 0.1) is 0 Å². The molecule has 0 bridgehead atoms. The topological polar surface area (TPSA) is 69.6 Å². The first kappa shape index (κ1) is 11.7. The Kier molecular flexibility index (Phi) is 4.30. The van der Waals surface area contributed by atoms with Gasteiger partial charge in [0.05, 0.1) is 0 Å². The van der Waals surface area contributed by atoms with Gasteiger partial charge >= 0.3 is 5.97 Å². The molecule has 0 aromatic rings. The van der Waals surface area contributed by atoms with Gasteiger partial charge in [-0.05, 0) is 26.4 Å². The van der Waals surface area contributed by atoms with E-state index in [1.807, 2.05) is 7.05 Å². The van der Waals surface area contributed by atoms with Gasteiger partial charge < -0.3 is 15.3 Å². The average molecular weight is 212 g/mol. The molecule has 1 aliphatic heterocycles. The molecule has 1 heterocycles. The third-order valence-electron chi connectivity index (χ3n) is 2.35. The maximum absolute atomic E-state index is 11.2. The van der Waals surface area contributed by atoms with Crippen LogP contribution in [-0.4, -0.2) is 48.1 Å². The summed E-state index contributed by atoms with van der Waals surface area (Å²) in [6.07, 6.45) is 3.92. The number of carbonyl (C=O) groups excluding carboxylic acids is 1. The largest absolute Gasteiger partial charge is 0.478 e. The Balaban J connectivity index is 2.34. The fourth-order valence-electron chi connectivity index (χ4n) is 1.68. The van der Waals surface area contributed by atoms with Crippen molar-refractivity contribution in [1.82, 2.24) is 10.2 Å². The lowest BCUT2D eigenvalue weighted by atomic mass is 10.1. The van der Waals surface area contributed by atoms with Gasteiger partial charge in [-0.15, -0.1) is 0 Å². The number of rotatable bonds is 3. The van der Waals surface area contributed by atoms with Crippen LogP contribution in [0.15, 0.2) is 12.2 Å². The first-order valence-corrected chi connectivity index (χ1v) is 4.98. The van der Waals surface area contributed by atoms with Crippen molar-refractivity contribution in [3.63, 3.8) is 0 Å². The van der Waals surface area contributed by atoms with Crippen LogP contribution in [0.1, 0.15) is 12.8 Å². The maximum Gasteiger partial charge on any atom is 0.328 e. The van der Waals surface area contributed by atoms with E-state index in [-0.39, 0.29) is 11.9 Å². The van der Waals surface area contributed by atoms with Gasteiger partial charge in [-0.1, -0.05) is 0 Å². The number of aliphatic carboxylic acids is 1. The van der Waals surface area contributed by atoms with Crippen molar-refractivity contribution in [2.24, 2.45) is 0 Å². The van der Waals surface area contributed by atoms with E-state index in [2.05, 4.69) is 10.2 Å². The number of carboxylic acid groups (broad SMARTS) is 1. The Hall–Kier alpha value is -1.36. The zero-order chi connectivity index (χ0) is 11.3. The molecule has 0 spiro atoms. The molecule has 1 unspecified atom stereocenters. The molecule has 1 atom stereocenters. The summed E-state index contributed by atoms with van der Waals surface area (Å²) in [7, 11) is 2.01. The minimum Gasteiger partial charge on any atom is -0.478 e. The lowest BCUT2D eigenvalue weighted by Gasteiger charge is -2.29. The molecule has 0 aromatic carbocycles. The minimum absolute atomic E-state index is 0.134. The van der Waals surface area contributed by atoms with Crippen LogP contribution in [0.25, 0.3) is 0 Å². The van der Waals surface area contributed by atoms with Crippen LogP contribution in [0.5, 0.6) is 0 Å². The van der Waals surface area contributed by atoms with E-state index in [9.17, 15) is 9.59 Å². The summed E-state index contributed by atoms with van der Waals surface area (Å²) in [5.74, 6) is -1.44. The highest BCUT2D eigenvalue weighted by atomic mass is 16.4. The number of carboxylic acids is 1. The van der Waals surface area contributed by atoms with Crippen molar-refractivity contribution in [3.8, 4) is 0 Å². The second-order valence-electron chi connectivity index (χ2n) is 3.78. The van der Waals surface area contributed by atoms with E-state index in [0.717, 1.165) is 38.1 Å².